The van der Waals surface area contributed by atoms with Crippen LogP contribution in [0.4, 0.5) is 0 Å². The Morgan fingerprint density at radius 2 is 2.03 bits per heavy atom. The fourth-order valence-electron chi connectivity index (χ4n) is 4.37. The third-order valence-corrected chi connectivity index (χ3v) is 5.99. The predicted molar refractivity (Wildman–Crippen MR) is 122 cm³/mol. The molecule has 1 unspecified atom stereocenters. The number of Topliss-reactive ketones (excluding diaryl/α,β-unsaturated/α-hetero) is 1. The maximum atomic E-state index is 13.8. The van der Waals surface area contributed by atoms with E-state index in [1.165, 1.54) is 0 Å². The number of piperidine rings is 1. The van der Waals surface area contributed by atoms with Crippen molar-refractivity contribution in [1.29, 1.82) is 0 Å². The van der Waals surface area contributed by atoms with E-state index in [9.17, 15) is 9.59 Å². The van der Waals surface area contributed by atoms with Crippen LogP contribution in [0, 0.1) is 11.8 Å². The summed E-state index contributed by atoms with van der Waals surface area (Å²) in [4.78, 5) is 32.5. The molecule has 0 spiro atoms. The van der Waals surface area contributed by atoms with Crippen molar-refractivity contribution in [3.8, 4) is 0 Å². The molecule has 1 amide bonds. The van der Waals surface area contributed by atoms with E-state index in [0.29, 0.717) is 44.4 Å². The zero-order valence-electron chi connectivity index (χ0n) is 19.3. The van der Waals surface area contributed by atoms with Gasteiger partial charge in [0.25, 0.3) is 5.91 Å². The second-order valence-electron chi connectivity index (χ2n) is 8.98. The Kier molecular flexibility index (Phi) is 8.21. The maximum absolute atomic E-state index is 13.8. The summed E-state index contributed by atoms with van der Waals surface area (Å²) in [5, 5.41) is 3.36. The van der Waals surface area contributed by atoms with E-state index >= 15 is 0 Å². The van der Waals surface area contributed by atoms with Crippen LogP contribution in [0.3, 0.4) is 0 Å². The SMILES string of the molecule is COCCCCn1c(C(=O)N(CC(C)C)[C@@H]2CNCC(C(C)=O)C2)nc2ccccc21. The number of aryl methyl sites for hydroxylation is 1. The van der Waals surface area contributed by atoms with Crippen molar-refractivity contribution >= 4 is 22.7 Å². The minimum atomic E-state index is -0.0485. The van der Waals surface area contributed by atoms with Gasteiger partial charge in [-0.05, 0) is 44.2 Å². The van der Waals surface area contributed by atoms with Gasteiger partial charge in [0.05, 0.1) is 11.0 Å². The summed E-state index contributed by atoms with van der Waals surface area (Å²) in [6.07, 6.45) is 2.55. The van der Waals surface area contributed by atoms with Gasteiger partial charge in [0.2, 0.25) is 0 Å². The van der Waals surface area contributed by atoms with E-state index in [0.717, 1.165) is 30.4 Å². The number of fused-ring (bicyclic) bond motifs is 1. The first kappa shape index (κ1) is 23.4. The minimum Gasteiger partial charge on any atom is -0.385 e. The molecule has 1 aliphatic heterocycles. The number of aromatic nitrogens is 2. The van der Waals surface area contributed by atoms with E-state index in [1.54, 1.807) is 14.0 Å². The highest BCUT2D eigenvalue weighted by Crippen LogP contribution is 2.23. The molecule has 1 aromatic heterocycles. The highest BCUT2D eigenvalue weighted by molar-refractivity contribution is 5.95. The van der Waals surface area contributed by atoms with Crippen LogP contribution in [0.5, 0.6) is 0 Å². The summed E-state index contributed by atoms with van der Waals surface area (Å²) < 4.78 is 7.24. The number of carbonyl (C=O) groups is 2. The van der Waals surface area contributed by atoms with Crippen LogP contribution in [0.15, 0.2) is 24.3 Å². The second kappa shape index (κ2) is 10.9. The van der Waals surface area contributed by atoms with Gasteiger partial charge in [0.15, 0.2) is 5.82 Å². The number of benzene rings is 1. The zero-order valence-corrected chi connectivity index (χ0v) is 19.3. The molecule has 1 aliphatic rings. The topological polar surface area (TPSA) is 76.5 Å². The number of hydrogen-bond acceptors (Lipinski definition) is 5. The van der Waals surface area contributed by atoms with E-state index in [2.05, 4.69) is 23.7 Å². The third-order valence-electron chi connectivity index (χ3n) is 5.99. The molecule has 0 saturated carbocycles. The predicted octanol–water partition coefficient (Wildman–Crippen LogP) is 3.13. The Hall–Kier alpha value is -2.25. The average Bonchev–Trinajstić information content (AvgIpc) is 3.13. The molecule has 0 bridgehead atoms. The van der Waals surface area contributed by atoms with Crippen molar-refractivity contribution in [2.24, 2.45) is 11.8 Å². The Bertz CT molecular complexity index is 892. The van der Waals surface area contributed by atoms with Gasteiger partial charge in [-0.1, -0.05) is 26.0 Å². The van der Waals surface area contributed by atoms with E-state index in [-0.39, 0.29) is 23.7 Å². The molecule has 2 heterocycles. The Balaban J connectivity index is 1.92. The number of hydrogen-bond donors (Lipinski definition) is 1. The monoisotopic (exact) mass is 428 g/mol. The molecule has 0 radical (unpaired) electrons. The summed E-state index contributed by atoms with van der Waals surface area (Å²) in [7, 11) is 1.71. The van der Waals surface area contributed by atoms with Crippen molar-refractivity contribution < 1.29 is 14.3 Å². The molecule has 1 saturated heterocycles. The smallest absolute Gasteiger partial charge is 0.290 e. The number of amides is 1. The second-order valence-corrected chi connectivity index (χ2v) is 8.98. The van der Waals surface area contributed by atoms with Gasteiger partial charge < -0.3 is 19.5 Å². The third kappa shape index (κ3) is 5.71. The van der Waals surface area contributed by atoms with Gasteiger partial charge in [0, 0.05) is 51.9 Å². The van der Waals surface area contributed by atoms with Crippen molar-refractivity contribution in [1.82, 2.24) is 19.8 Å². The number of methoxy groups -OCH3 is 1. The van der Waals surface area contributed by atoms with Crippen LogP contribution in [-0.2, 0) is 16.1 Å². The standard InChI is InChI=1S/C24H36N4O3/c1-17(2)16-28(20-13-19(18(3)29)14-25-15-20)24(30)23-26-21-9-5-6-10-22(21)27(23)11-7-8-12-31-4/h5-6,9-10,17,19-20,25H,7-8,11-16H2,1-4H3/t19?,20-/m0/s1. The van der Waals surface area contributed by atoms with E-state index in [1.807, 2.05) is 29.2 Å². The average molecular weight is 429 g/mol. The lowest BCUT2D eigenvalue weighted by atomic mass is 9.91. The molecule has 2 atom stereocenters. The number of imidazole rings is 1. The van der Waals surface area contributed by atoms with Gasteiger partial charge in [-0.25, -0.2) is 4.98 Å². The first-order valence-corrected chi connectivity index (χ1v) is 11.4. The maximum Gasteiger partial charge on any atom is 0.290 e. The number of ether oxygens (including phenoxy) is 1. The van der Waals surface area contributed by atoms with Gasteiger partial charge in [0.1, 0.15) is 5.78 Å². The minimum absolute atomic E-state index is 0.0145. The molecule has 2 aromatic rings. The van der Waals surface area contributed by atoms with Crippen molar-refractivity contribution in [2.75, 3.05) is 33.4 Å². The normalized spacial score (nSPS) is 19.1. The molecule has 7 heteroatoms. The molecule has 1 aromatic carbocycles. The molecular weight excluding hydrogens is 392 g/mol. The molecule has 170 valence electrons. The van der Waals surface area contributed by atoms with Crippen LogP contribution in [0.1, 0.15) is 50.7 Å². The van der Waals surface area contributed by atoms with Gasteiger partial charge in [-0.15, -0.1) is 0 Å². The fraction of sp³-hybridized carbons (Fsp3) is 0.625. The Morgan fingerprint density at radius 3 is 2.74 bits per heavy atom. The van der Waals surface area contributed by atoms with E-state index in [4.69, 9.17) is 9.72 Å². The van der Waals surface area contributed by atoms with Crippen LogP contribution < -0.4 is 5.32 Å². The van der Waals surface area contributed by atoms with Gasteiger partial charge in [-0.2, -0.15) is 0 Å². The van der Waals surface area contributed by atoms with Crippen LogP contribution >= 0.6 is 0 Å². The van der Waals surface area contributed by atoms with Crippen LogP contribution in [0.2, 0.25) is 0 Å². The van der Waals surface area contributed by atoms with E-state index < -0.39 is 0 Å². The number of unbranched alkanes of at least 4 members (excludes halogenated alkanes) is 1. The largest absolute Gasteiger partial charge is 0.385 e. The lowest BCUT2D eigenvalue weighted by Crippen LogP contribution is -2.53. The summed E-state index contributed by atoms with van der Waals surface area (Å²) >= 11 is 0. The first-order chi connectivity index (χ1) is 14.9. The van der Waals surface area contributed by atoms with Crippen molar-refractivity contribution in [3.63, 3.8) is 0 Å². The van der Waals surface area contributed by atoms with Gasteiger partial charge >= 0.3 is 0 Å². The number of nitrogens with zero attached hydrogens (tertiary/aromatic N) is 3. The van der Waals surface area contributed by atoms with Crippen LogP contribution in [-0.4, -0.2) is 65.5 Å². The molecule has 1 fully saturated rings. The Labute approximate surface area is 185 Å². The molecule has 7 nitrogen and oxygen atoms in total. The van der Waals surface area contributed by atoms with Gasteiger partial charge in [-0.3, -0.25) is 9.59 Å². The first-order valence-electron chi connectivity index (χ1n) is 11.4. The number of para-hydroxylation sites is 2. The zero-order chi connectivity index (χ0) is 22.4. The number of carbonyl (C=O) groups excluding carboxylic acids is 2. The molecular formula is C24H36N4O3. The summed E-state index contributed by atoms with van der Waals surface area (Å²) in [6, 6.07) is 7.90. The quantitative estimate of drug-likeness (QED) is 0.589. The fourth-order valence-corrected chi connectivity index (χ4v) is 4.37. The molecule has 3 rings (SSSR count). The van der Waals surface area contributed by atoms with Crippen molar-refractivity contribution in [3.05, 3.63) is 30.1 Å². The lowest BCUT2D eigenvalue weighted by molar-refractivity contribution is -0.121. The molecule has 31 heavy (non-hydrogen) atoms. The Morgan fingerprint density at radius 1 is 1.26 bits per heavy atom. The number of nitrogens with one attached hydrogen (secondary N) is 1. The van der Waals surface area contributed by atoms with Crippen LogP contribution in [0.25, 0.3) is 11.0 Å². The molecule has 0 aliphatic carbocycles. The number of rotatable bonds is 10. The molecule has 1 N–H and O–H groups in total. The number of ketones is 1. The van der Waals surface area contributed by atoms with Crippen molar-refractivity contribution in [2.45, 2.75) is 52.6 Å². The highest BCUT2D eigenvalue weighted by Gasteiger charge is 2.34. The summed E-state index contributed by atoms with van der Waals surface area (Å²) in [5.41, 5.74) is 1.82. The summed E-state index contributed by atoms with van der Waals surface area (Å²) in [5.74, 6) is 0.895. The highest BCUT2D eigenvalue weighted by atomic mass is 16.5. The lowest BCUT2D eigenvalue weighted by Gasteiger charge is -2.38. The summed E-state index contributed by atoms with van der Waals surface area (Å²) in [6.45, 7) is 9.34.